The van der Waals surface area contributed by atoms with Crippen molar-refractivity contribution in [3.05, 3.63) is 29.8 Å². The molecule has 0 aromatic heterocycles. The molecule has 0 spiro atoms. The molecule has 92 valence electrons. The Bertz CT molecular complexity index is 401. The summed E-state index contributed by atoms with van der Waals surface area (Å²) in [6, 6.07) is 7.66. The number of nitrogens with two attached hydrogens (primary N) is 1. The minimum atomic E-state index is -0.386. The summed E-state index contributed by atoms with van der Waals surface area (Å²) < 4.78 is 0. The van der Waals surface area contributed by atoms with Gasteiger partial charge in [-0.1, -0.05) is 25.0 Å². The van der Waals surface area contributed by atoms with Crippen LogP contribution in [0.1, 0.15) is 45.1 Å². The molecule has 2 N–H and O–H groups in total. The molecule has 0 unspecified atom stereocenters. The molecule has 2 rings (SSSR count). The molecule has 1 fully saturated rings. The highest BCUT2D eigenvalue weighted by Gasteiger charge is 2.31. The summed E-state index contributed by atoms with van der Waals surface area (Å²) in [5.41, 5.74) is 7.09. The number of rotatable bonds is 5. The second kappa shape index (κ2) is 4.52. The van der Waals surface area contributed by atoms with Crippen LogP contribution in [0.25, 0.3) is 0 Å². The Morgan fingerprint density at radius 1 is 1.29 bits per heavy atom. The summed E-state index contributed by atoms with van der Waals surface area (Å²) in [5, 5.41) is 0. The Balaban J connectivity index is 2.04. The van der Waals surface area contributed by atoms with Gasteiger partial charge in [0.05, 0.1) is 0 Å². The molecule has 1 aliphatic carbocycles. The first-order valence-corrected chi connectivity index (χ1v) is 6.39. The molecule has 1 aliphatic rings. The molecule has 1 aromatic rings. The van der Waals surface area contributed by atoms with Crippen molar-refractivity contribution in [3.63, 3.8) is 0 Å². The zero-order chi connectivity index (χ0) is 12.5. The molecule has 0 amide bonds. The summed E-state index contributed by atoms with van der Waals surface area (Å²) >= 11 is 0. The monoisotopic (exact) mass is 231 g/mol. The molecule has 1 saturated carbocycles. The minimum absolute atomic E-state index is 0.342. The van der Waals surface area contributed by atoms with Gasteiger partial charge in [-0.2, -0.15) is 0 Å². The molecule has 0 aliphatic heterocycles. The molecular weight excluding hydrogens is 210 g/mol. The fraction of sp³-hybridized carbons (Fsp3) is 0.533. The van der Waals surface area contributed by atoms with E-state index in [1.807, 2.05) is 38.1 Å². The zero-order valence-electron chi connectivity index (χ0n) is 10.7. The first kappa shape index (κ1) is 12.2. The third-order valence-electron chi connectivity index (χ3n) is 3.81. The van der Waals surface area contributed by atoms with Gasteiger partial charge in [0.25, 0.3) is 0 Å². The van der Waals surface area contributed by atoms with E-state index in [9.17, 15) is 4.79 Å². The van der Waals surface area contributed by atoms with E-state index in [0.29, 0.717) is 12.2 Å². The van der Waals surface area contributed by atoms with Gasteiger partial charge in [-0.25, -0.2) is 0 Å². The largest absolute Gasteiger partial charge is 0.399 e. The number of hydrogen-bond acceptors (Lipinski definition) is 2. The quantitative estimate of drug-likeness (QED) is 0.790. The van der Waals surface area contributed by atoms with Crippen molar-refractivity contribution in [2.45, 2.75) is 44.9 Å². The number of anilines is 1. The predicted molar refractivity (Wildman–Crippen MR) is 70.8 cm³/mol. The highest BCUT2D eigenvalue weighted by atomic mass is 16.1. The smallest absolute Gasteiger partial charge is 0.142 e. The highest BCUT2D eigenvalue weighted by Crippen LogP contribution is 2.35. The first-order chi connectivity index (χ1) is 8.00. The lowest BCUT2D eigenvalue weighted by molar-refractivity contribution is -0.123. The van der Waals surface area contributed by atoms with E-state index >= 15 is 0 Å². The molecule has 2 heteroatoms. The lowest BCUT2D eigenvalue weighted by Gasteiger charge is -2.24. The second-order valence-electron chi connectivity index (χ2n) is 5.65. The number of benzene rings is 1. The summed E-state index contributed by atoms with van der Waals surface area (Å²) in [6.07, 6.45) is 4.41. The predicted octanol–water partition coefficient (Wildman–Crippen LogP) is 3.31. The second-order valence-corrected chi connectivity index (χ2v) is 5.65. The van der Waals surface area contributed by atoms with E-state index in [2.05, 4.69) is 0 Å². The van der Waals surface area contributed by atoms with Gasteiger partial charge >= 0.3 is 0 Å². The third kappa shape index (κ3) is 2.87. The van der Waals surface area contributed by atoms with Gasteiger partial charge in [0.1, 0.15) is 5.78 Å². The van der Waals surface area contributed by atoms with E-state index in [1.165, 1.54) is 12.8 Å². The fourth-order valence-corrected chi connectivity index (χ4v) is 2.12. The molecule has 0 heterocycles. The average Bonchev–Trinajstić information content (AvgIpc) is 3.10. The SMILES string of the molecule is CC(C)(C(=O)CCC1CC1)c1ccc(N)cc1. The van der Waals surface area contributed by atoms with Gasteiger partial charge in [0.2, 0.25) is 0 Å². The van der Waals surface area contributed by atoms with Gasteiger partial charge in [0.15, 0.2) is 0 Å². The van der Waals surface area contributed by atoms with Crippen LogP contribution in [0.3, 0.4) is 0 Å². The summed E-state index contributed by atoms with van der Waals surface area (Å²) in [5.74, 6) is 1.16. The van der Waals surface area contributed by atoms with Crippen molar-refractivity contribution < 1.29 is 4.79 Å². The molecular formula is C15H21NO. The topological polar surface area (TPSA) is 43.1 Å². The van der Waals surface area contributed by atoms with Crippen molar-refractivity contribution >= 4 is 11.5 Å². The average molecular weight is 231 g/mol. The minimum Gasteiger partial charge on any atom is -0.399 e. The maximum atomic E-state index is 12.3. The molecule has 1 aromatic carbocycles. The maximum absolute atomic E-state index is 12.3. The van der Waals surface area contributed by atoms with Crippen LogP contribution in [-0.2, 0) is 10.2 Å². The van der Waals surface area contributed by atoms with E-state index in [4.69, 9.17) is 5.73 Å². The summed E-state index contributed by atoms with van der Waals surface area (Å²) in [4.78, 5) is 12.3. The lowest BCUT2D eigenvalue weighted by atomic mass is 9.79. The number of hydrogen-bond donors (Lipinski definition) is 1. The van der Waals surface area contributed by atoms with Gasteiger partial charge < -0.3 is 5.73 Å². The van der Waals surface area contributed by atoms with E-state index in [1.54, 1.807) is 0 Å². The highest BCUT2D eigenvalue weighted by molar-refractivity contribution is 5.89. The van der Waals surface area contributed by atoms with Crippen LogP contribution < -0.4 is 5.73 Å². The normalized spacial score (nSPS) is 15.9. The van der Waals surface area contributed by atoms with Crippen molar-refractivity contribution in [1.29, 1.82) is 0 Å². The molecule has 0 radical (unpaired) electrons. The van der Waals surface area contributed by atoms with Crippen LogP contribution in [0.15, 0.2) is 24.3 Å². The summed E-state index contributed by atoms with van der Waals surface area (Å²) in [7, 11) is 0. The Hall–Kier alpha value is -1.31. The standard InChI is InChI=1S/C15H21NO/c1-15(2,12-6-8-13(16)9-7-12)14(17)10-5-11-3-4-11/h6-9,11H,3-5,10,16H2,1-2H3. The van der Waals surface area contributed by atoms with Crippen molar-refractivity contribution in [1.82, 2.24) is 0 Å². The zero-order valence-corrected chi connectivity index (χ0v) is 10.7. The fourth-order valence-electron chi connectivity index (χ4n) is 2.12. The van der Waals surface area contributed by atoms with Gasteiger partial charge in [0, 0.05) is 17.5 Å². The number of ketones is 1. The van der Waals surface area contributed by atoms with E-state index < -0.39 is 0 Å². The van der Waals surface area contributed by atoms with Crippen LogP contribution in [-0.4, -0.2) is 5.78 Å². The van der Waals surface area contributed by atoms with Crippen LogP contribution in [0.5, 0.6) is 0 Å². The molecule has 0 atom stereocenters. The summed E-state index contributed by atoms with van der Waals surface area (Å²) in [6.45, 7) is 4.02. The maximum Gasteiger partial charge on any atom is 0.142 e. The molecule has 0 bridgehead atoms. The van der Waals surface area contributed by atoms with Crippen LogP contribution in [0, 0.1) is 5.92 Å². The molecule has 2 nitrogen and oxygen atoms in total. The van der Waals surface area contributed by atoms with Crippen LogP contribution >= 0.6 is 0 Å². The Morgan fingerprint density at radius 2 is 1.88 bits per heavy atom. The van der Waals surface area contributed by atoms with Crippen molar-refractivity contribution in [2.24, 2.45) is 5.92 Å². The van der Waals surface area contributed by atoms with Crippen molar-refractivity contribution in [3.8, 4) is 0 Å². The van der Waals surface area contributed by atoms with Gasteiger partial charge in [-0.3, -0.25) is 4.79 Å². The van der Waals surface area contributed by atoms with Gasteiger partial charge in [-0.05, 0) is 43.9 Å². The number of Topliss-reactive ketones (excluding diaryl/α,β-unsaturated/α-hetero) is 1. The van der Waals surface area contributed by atoms with Crippen LogP contribution in [0.4, 0.5) is 5.69 Å². The van der Waals surface area contributed by atoms with Crippen LogP contribution in [0.2, 0.25) is 0 Å². The molecule has 17 heavy (non-hydrogen) atoms. The molecule has 0 saturated heterocycles. The number of carbonyl (C=O) groups excluding carboxylic acids is 1. The third-order valence-corrected chi connectivity index (χ3v) is 3.81. The Morgan fingerprint density at radius 3 is 2.41 bits per heavy atom. The number of carbonyl (C=O) groups is 1. The van der Waals surface area contributed by atoms with E-state index in [-0.39, 0.29) is 5.41 Å². The Labute approximate surface area is 103 Å². The van der Waals surface area contributed by atoms with Gasteiger partial charge in [-0.15, -0.1) is 0 Å². The van der Waals surface area contributed by atoms with Crippen molar-refractivity contribution in [2.75, 3.05) is 5.73 Å². The Kier molecular flexibility index (Phi) is 3.23. The van der Waals surface area contributed by atoms with E-state index in [0.717, 1.165) is 23.6 Å². The lowest BCUT2D eigenvalue weighted by Crippen LogP contribution is -2.28. The number of nitrogen functional groups attached to an aromatic ring is 1. The first-order valence-electron chi connectivity index (χ1n) is 6.39.